The molecule has 0 aliphatic carbocycles. The van der Waals surface area contributed by atoms with E-state index in [-0.39, 0.29) is 37.4 Å². The van der Waals surface area contributed by atoms with Crippen molar-refractivity contribution >= 4 is 23.5 Å². The Balaban J connectivity index is 1.98. The second-order valence-corrected chi connectivity index (χ2v) is 6.88. The molecule has 0 unspecified atom stereocenters. The van der Waals surface area contributed by atoms with Gasteiger partial charge in [0, 0.05) is 37.8 Å². The normalized spacial score (nSPS) is 14.9. The van der Waals surface area contributed by atoms with Crippen LogP contribution in [-0.2, 0) is 19.1 Å². The van der Waals surface area contributed by atoms with Crippen molar-refractivity contribution in [2.24, 2.45) is 5.92 Å². The van der Waals surface area contributed by atoms with Crippen LogP contribution in [0.4, 0.5) is 5.69 Å². The average molecular weight is 375 g/mol. The van der Waals surface area contributed by atoms with Gasteiger partial charge in [-0.05, 0) is 19.1 Å². The van der Waals surface area contributed by atoms with Gasteiger partial charge >= 0.3 is 5.97 Å². The molecule has 1 saturated heterocycles. The zero-order valence-corrected chi connectivity index (χ0v) is 16.4. The number of benzene rings is 1. The van der Waals surface area contributed by atoms with E-state index in [0.717, 1.165) is 0 Å². The van der Waals surface area contributed by atoms with Crippen LogP contribution in [0.1, 0.15) is 20.8 Å². The van der Waals surface area contributed by atoms with Crippen molar-refractivity contribution in [1.82, 2.24) is 9.80 Å². The number of amides is 2. The Morgan fingerprint density at radius 3 is 2.26 bits per heavy atom. The molecule has 148 valence electrons. The SMILES string of the molecule is CCOC(=O)CN(C(=O)CN1CCN(C(=O)C(C)C)CC1)c1ccccc1. The number of rotatable bonds is 7. The average Bonchev–Trinajstić information content (AvgIpc) is 2.67. The van der Waals surface area contributed by atoms with Crippen LogP contribution < -0.4 is 4.90 Å². The summed E-state index contributed by atoms with van der Waals surface area (Å²) in [6, 6.07) is 9.13. The number of para-hydroxylation sites is 1. The summed E-state index contributed by atoms with van der Waals surface area (Å²) in [5, 5.41) is 0. The number of ether oxygens (including phenoxy) is 1. The van der Waals surface area contributed by atoms with E-state index in [0.29, 0.717) is 31.9 Å². The van der Waals surface area contributed by atoms with E-state index < -0.39 is 5.97 Å². The first-order valence-corrected chi connectivity index (χ1v) is 9.44. The number of carbonyl (C=O) groups is 3. The van der Waals surface area contributed by atoms with Crippen LogP contribution in [0.15, 0.2) is 30.3 Å². The Morgan fingerprint density at radius 2 is 1.70 bits per heavy atom. The minimum absolute atomic E-state index is 0.0173. The highest BCUT2D eigenvalue weighted by Gasteiger charge is 2.26. The van der Waals surface area contributed by atoms with Gasteiger partial charge in [-0.3, -0.25) is 19.3 Å². The molecule has 1 heterocycles. The molecule has 1 fully saturated rings. The number of esters is 1. The number of nitrogens with zero attached hydrogens (tertiary/aromatic N) is 3. The van der Waals surface area contributed by atoms with Gasteiger partial charge in [0.25, 0.3) is 0 Å². The zero-order chi connectivity index (χ0) is 19.8. The zero-order valence-electron chi connectivity index (χ0n) is 16.4. The fourth-order valence-corrected chi connectivity index (χ4v) is 3.04. The first kappa shape index (κ1) is 20.9. The topological polar surface area (TPSA) is 70.2 Å². The van der Waals surface area contributed by atoms with E-state index in [9.17, 15) is 14.4 Å². The number of piperazine rings is 1. The molecule has 1 aliphatic heterocycles. The molecule has 0 radical (unpaired) electrons. The smallest absolute Gasteiger partial charge is 0.326 e. The number of hydrogen-bond donors (Lipinski definition) is 0. The van der Waals surface area contributed by atoms with Crippen LogP contribution in [0.2, 0.25) is 0 Å². The fourth-order valence-electron chi connectivity index (χ4n) is 3.04. The third-order valence-corrected chi connectivity index (χ3v) is 4.50. The van der Waals surface area contributed by atoms with Crippen LogP contribution >= 0.6 is 0 Å². The summed E-state index contributed by atoms with van der Waals surface area (Å²) in [4.78, 5) is 42.2. The third kappa shape index (κ3) is 6.06. The summed E-state index contributed by atoms with van der Waals surface area (Å²) in [6.07, 6.45) is 0. The molecule has 1 aromatic carbocycles. The molecule has 27 heavy (non-hydrogen) atoms. The van der Waals surface area contributed by atoms with E-state index in [1.165, 1.54) is 4.90 Å². The van der Waals surface area contributed by atoms with Crippen LogP contribution in [-0.4, -0.2) is 73.5 Å². The highest BCUT2D eigenvalue weighted by molar-refractivity contribution is 5.98. The first-order valence-electron chi connectivity index (χ1n) is 9.44. The van der Waals surface area contributed by atoms with Gasteiger partial charge in [0.1, 0.15) is 6.54 Å². The second kappa shape index (κ2) is 10.1. The number of anilines is 1. The Hall–Kier alpha value is -2.41. The summed E-state index contributed by atoms with van der Waals surface area (Å²) >= 11 is 0. The largest absolute Gasteiger partial charge is 0.465 e. The molecule has 0 spiro atoms. The predicted molar refractivity (Wildman–Crippen MR) is 103 cm³/mol. The molecule has 0 saturated carbocycles. The van der Waals surface area contributed by atoms with E-state index in [2.05, 4.69) is 0 Å². The summed E-state index contributed by atoms with van der Waals surface area (Å²) < 4.78 is 5.01. The van der Waals surface area contributed by atoms with Crippen molar-refractivity contribution in [2.75, 3.05) is 50.8 Å². The molecule has 0 bridgehead atoms. The van der Waals surface area contributed by atoms with Crippen molar-refractivity contribution in [2.45, 2.75) is 20.8 Å². The van der Waals surface area contributed by atoms with E-state index in [4.69, 9.17) is 4.74 Å². The van der Waals surface area contributed by atoms with Crippen molar-refractivity contribution in [3.8, 4) is 0 Å². The summed E-state index contributed by atoms with van der Waals surface area (Å²) in [7, 11) is 0. The van der Waals surface area contributed by atoms with Crippen LogP contribution in [0.3, 0.4) is 0 Å². The van der Waals surface area contributed by atoms with Gasteiger partial charge in [-0.1, -0.05) is 32.0 Å². The van der Waals surface area contributed by atoms with Crippen LogP contribution in [0.5, 0.6) is 0 Å². The Bertz CT molecular complexity index is 640. The van der Waals surface area contributed by atoms with E-state index >= 15 is 0 Å². The maximum atomic E-state index is 12.9. The molecule has 0 atom stereocenters. The predicted octanol–water partition coefficient (Wildman–Crippen LogP) is 1.38. The van der Waals surface area contributed by atoms with Gasteiger partial charge in [-0.25, -0.2) is 0 Å². The highest BCUT2D eigenvalue weighted by Crippen LogP contribution is 2.15. The number of carbonyl (C=O) groups excluding carboxylic acids is 3. The minimum atomic E-state index is -0.429. The Labute approximate surface area is 160 Å². The van der Waals surface area contributed by atoms with Gasteiger partial charge in [-0.2, -0.15) is 0 Å². The number of hydrogen-bond acceptors (Lipinski definition) is 5. The standard InChI is InChI=1S/C20H29N3O4/c1-4-27-19(25)15-23(17-8-6-5-7-9-17)18(24)14-21-10-12-22(13-11-21)20(26)16(2)3/h5-9,16H,4,10-15H2,1-3H3. The van der Waals surface area contributed by atoms with Crippen molar-refractivity contribution in [3.63, 3.8) is 0 Å². The lowest BCUT2D eigenvalue weighted by atomic mass is 10.1. The van der Waals surface area contributed by atoms with Crippen molar-refractivity contribution in [1.29, 1.82) is 0 Å². The van der Waals surface area contributed by atoms with Gasteiger partial charge < -0.3 is 14.5 Å². The summed E-state index contributed by atoms with van der Waals surface area (Å²) in [5.41, 5.74) is 0.671. The lowest BCUT2D eigenvalue weighted by Crippen LogP contribution is -2.52. The Morgan fingerprint density at radius 1 is 1.07 bits per heavy atom. The minimum Gasteiger partial charge on any atom is -0.465 e. The quantitative estimate of drug-likeness (QED) is 0.674. The molecule has 1 aliphatic rings. The molecule has 0 aromatic heterocycles. The van der Waals surface area contributed by atoms with Gasteiger partial charge in [0.2, 0.25) is 11.8 Å². The monoisotopic (exact) mass is 375 g/mol. The van der Waals surface area contributed by atoms with Gasteiger partial charge in [0.15, 0.2) is 0 Å². The van der Waals surface area contributed by atoms with E-state index in [1.807, 2.05) is 41.8 Å². The van der Waals surface area contributed by atoms with Gasteiger partial charge in [0.05, 0.1) is 13.2 Å². The second-order valence-electron chi connectivity index (χ2n) is 6.88. The van der Waals surface area contributed by atoms with Crippen LogP contribution in [0.25, 0.3) is 0 Å². The maximum Gasteiger partial charge on any atom is 0.326 e. The molecular weight excluding hydrogens is 346 g/mol. The maximum absolute atomic E-state index is 12.9. The van der Waals surface area contributed by atoms with E-state index in [1.54, 1.807) is 19.1 Å². The lowest BCUT2D eigenvalue weighted by Gasteiger charge is -2.36. The van der Waals surface area contributed by atoms with Crippen LogP contribution in [0, 0.1) is 5.92 Å². The molecule has 7 nitrogen and oxygen atoms in total. The molecular formula is C20H29N3O4. The fraction of sp³-hybridized carbons (Fsp3) is 0.550. The molecule has 1 aromatic rings. The Kier molecular flexibility index (Phi) is 7.79. The molecule has 2 rings (SSSR count). The molecule has 2 amide bonds. The highest BCUT2D eigenvalue weighted by atomic mass is 16.5. The first-order chi connectivity index (χ1) is 12.9. The lowest BCUT2D eigenvalue weighted by molar-refractivity contribution is -0.142. The third-order valence-electron chi connectivity index (χ3n) is 4.50. The van der Waals surface area contributed by atoms with Crippen molar-refractivity contribution in [3.05, 3.63) is 30.3 Å². The molecule has 0 N–H and O–H groups in total. The summed E-state index contributed by atoms with van der Waals surface area (Å²) in [6.45, 7) is 8.43. The van der Waals surface area contributed by atoms with Gasteiger partial charge in [-0.15, -0.1) is 0 Å². The molecule has 7 heteroatoms. The summed E-state index contributed by atoms with van der Waals surface area (Å²) in [5.74, 6) is -0.453. The van der Waals surface area contributed by atoms with Crippen molar-refractivity contribution < 1.29 is 19.1 Å².